The highest BCUT2D eigenvalue weighted by Crippen LogP contribution is 2.55. The van der Waals surface area contributed by atoms with Crippen molar-refractivity contribution in [2.24, 2.45) is 17.1 Å². The van der Waals surface area contributed by atoms with Crippen molar-refractivity contribution in [2.75, 3.05) is 6.61 Å². The molecule has 1 atom stereocenters. The largest absolute Gasteiger partial charge is 0.395 e. The lowest BCUT2D eigenvalue weighted by Crippen LogP contribution is -2.24. The molecule has 1 fully saturated rings. The fourth-order valence-electron chi connectivity index (χ4n) is 2.08. The van der Waals surface area contributed by atoms with E-state index in [0.29, 0.717) is 5.41 Å². The normalized spacial score (nSPS) is 21.9. The van der Waals surface area contributed by atoms with Gasteiger partial charge < -0.3 is 10.8 Å². The molecule has 0 amide bonds. The SMILES string of the molecule is CC(C)C1(CCCC(N)CO)CC1. The van der Waals surface area contributed by atoms with Crippen molar-refractivity contribution in [3.8, 4) is 0 Å². The quantitative estimate of drug-likeness (QED) is 0.664. The smallest absolute Gasteiger partial charge is 0.0582 e. The Morgan fingerprint density at radius 1 is 1.38 bits per heavy atom. The summed E-state index contributed by atoms with van der Waals surface area (Å²) in [5.74, 6) is 0.817. The molecule has 78 valence electrons. The average Bonchev–Trinajstić information content (AvgIpc) is 2.85. The second kappa shape index (κ2) is 4.43. The van der Waals surface area contributed by atoms with Crippen LogP contribution in [0.2, 0.25) is 0 Å². The predicted molar refractivity (Wildman–Crippen MR) is 55.4 cm³/mol. The van der Waals surface area contributed by atoms with Gasteiger partial charge in [0.1, 0.15) is 0 Å². The minimum atomic E-state index is 0.00274. The number of hydrogen-bond donors (Lipinski definition) is 2. The fourth-order valence-corrected chi connectivity index (χ4v) is 2.08. The van der Waals surface area contributed by atoms with Crippen LogP contribution in [0.3, 0.4) is 0 Å². The zero-order valence-corrected chi connectivity index (χ0v) is 8.92. The molecule has 1 aliphatic rings. The number of aliphatic hydroxyl groups is 1. The van der Waals surface area contributed by atoms with Crippen molar-refractivity contribution in [1.29, 1.82) is 0 Å². The van der Waals surface area contributed by atoms with E-state index in [1.54, 1.807) is 0 Å². The maximum atomic E-state index is 8.76. The molecule has 0 radical (unpaired) electrons. The van der Waals surface area contributed by atoms with Crippen LogP contribution in [0.5, 0.6) is 0 Å². The van der Waals surface area contributed by atoms with Gasteiger partial charge in [0.2, 0.25) is 0 Å². The Bertz CT molecular complexity index is 152. The summed E-state index contributed by atoms with van der Waals surface area (Å²) in [6.45, 7) is 4.77. The summed E-state index contributed by atoms with van der Waals surface area (Å²) in [5.41, 5.74) is 6.30. The van der Waals surface area contributed by atoms with Crippen molar-refractivity contribution < 1.29 is 5.11 Å². The fraction of sp³-hybridized carbons (Fsp3) is 1.00. The summed E-state index contributed by atoms with van der Waals surface area (Å²) in [5, 5.41) is 8.76. The van der Waals surface area contributed by atoms with Gasteiger partial charge in [0.15, 0.2) is 0 Å². The van der Waals surface area contributed by atoms with Crippen LogP contribution in [0.15, 0.2) is 0 Å². The maximum Gasteiger partial charge on any atom is 0.0582 e. The lowest BCUT2D eigenvalue weighted by molar-refractivity contribution is 0.249. The van der Waals surface area contributed by atoms with Crippen molar-refractivity contribution in [3.63, 3.8) is 0 Å². The van der Waals surface area contributed by atoms with Crippen molar-refractivity contribution in [3.05, 3.63) is 0 Å². The van der Waals surface area contributed by atoms with Crippen molar-refractivity contribution in [2.45, 2.75) is 52.0 Å². The molecule has 0 saturated heterocycles. The molecule has 0 aromatic heterocycles. The van der Waals surface area contributed by atoms with E-state index >= 15 is 0 Å². The molecular formula is C11H23NO. The molecule has 2 heteroatoms. The zero-order valence-electron chi connectivity index (χ0n) is 8.92. The Morgan fingerprint density at radius 2 is 2.00 bits per heavy atom. The zero-order chi connectivity index (χ0) is 9.90. The maximum absolute atomic E-state index is 8.76. The first-order valence-electron chi connectivity index (χ1n) is 5.47. The number of aliphatic hydroxyl groups excluding tert-OH is 1. The molecule has 13 heavy (non-hydrogen) atoms. The van der Waals surface area contributed by atoms with Gasteiger partial charge in [0.25, 0.3) is 0 Å². The van der Waals surface area contributed by atoms with Crippen LogP contribution >= 0.6 is 0 Å². The number of rotatable bonds is 6. The van der Waals surface area contributed by atoms with Gasteiger partial charge >= 0.3 is 0 Å². The summed E-state index contributed by atoms with van der Waals surface area (Å²) < 4.78 is 0. The second-order valence-corrected chi connectivity index (χ2v) is 4.85. The first-order valence-corrected chi connectivity index (χ1v) is 5.47. The Kier molecular flexibility index (Phi) is 3.74. The topological polar surface area (TPSA) is 46.2 Å². The molecule has 2 nitrogen and oxygen atoms in total. The summed E-state index contributed by atoms with van der Waals surface area (Å²) in [4.78, 5) is 0. The first kappa shape index (κ1) is 11.0. The monoisotopic (exact) mass is 185 g/mol. The molecule has 0 bridgehead atoms. The van der Waals surface area contributed by atoms with Crippen molar-refractivity contribution >= 4 is 0 Å². The van der Waals surface area contributed by atoms with Crippen molar-refractivity contribution in [1.82, 2.24) is 0 Å². The van der Waals surface area contributed by atoms with Gasteiger partial charge in [0.05, 0.1) is 6.61 Å². The third-order valence-corrected chi connectivity index (χ3v) is 3.60. The molecule has 1 rings (SSSR count). The standard InChI is InChI=1S/C11H23NO/c1-9(2)11(6-7-11)5-3-4-10(12)8-13/h9-10,13H,3-8,12H2,1-2H3. The van der Waals surface area contributed by atoms with E-state index in [0.717, 1.165) is 12.3 Å². The van der Waals surface area contributed by atoms with Crippen LogP contribution in [0.25, 0.3) is 0 Å². The molecule has 0 heterocycles. The van der Waals surface area contributed by atoms with E-state index < -0.39 is 0 Å². The summed E-state index contributed by atoms with van der Waals surface area (Å²) >= 11 is 0. The van der Waals surface area contributed by atoms with Crippen LogP contribution in [0, 0.1) is 11.3 Å². The van der Waals surface area contributed by atoms with E-state index in [1.807, 2.05) is 0 Å². The van der Waals surface area contributed by atoms with E-state index in [4.69, 9.17) is 10.8 Å². The minimum absolute atomic E-state index is 0.00274. The van der Waals surface area contributed by atoms with Gasteiger partial charge in [0, 0.05) is 6.04 Å². The highest BCUT2D eigenvalue weighted by molar-refractivity contribution is 4.95. The van der Waals surface area contributed by atoms with Gasteiger partial charge in [-0.3, -0.25) is 0 Å². The molecule has 0 aromatic carbocycles. The van der Waals surface area contributed by atoms with Gasteiger partial charge in [-0.15, -0.1) is 0 Å². The summed E-state index contributed by atoms with van der Waals surface area (Å²) in [7, 11) is 0. The molecule has 0 spiro atoms. The van der Waals surface area contributed by atoms with Gasteiger partial charge in [-0.2, -0.15) is 0 Å². The van der Waals surface area contributed by atoms with Gasteiger partial charge in [-0.1, -0.05) is 20.3 Å². The summed E-state index contributed by atoms with van der Waals surface area (Å²) in [6, 6.07) is 0.00274. The second-order valence-electron chi connectivity index (χ2n) is 4.85. The molecule has 1 saturated carbocycles. The Hall–Kier alpha value is -0.0800. The van der Waals surface area contributed by atoms with E-state index in [9.17, 15) is 0 Å². The van der Waals surface area contributed by atoms with Crippen LogP contribution in [0.4, 0.5) is 0 Å². The molecule has 3 N–H and O–H groups in total. The average molecular weight is 185 g/mol. The molecule has 1 aliphatic carbocycles. The number of hydrogen-bond acceptors (Lipinski definition) is 2. The van der Waals surface area contributed by atoms with Crippen LogP contribution in [-0.2, 0) is 0 Å². The third-order valence-electron chi connectivity index (χ3n) is 3.60. The molecule has 0 aliphatic heterocycles. The van der Waals surface area contributed by atoms with Crippen LogP contribution in [-0.4, -0.2) is 17.8 Å². The molecule has 1 unspecified atom stereocenters. The lowest BCUT2D eigenvalue weighted by Gasteiger charge is -2.19. The number of nitrogens with two attached hydrogens (primary N) is 1. The first-order chi connectivity index (χ1) is 6.10. The minimum Gasteiger partial charge on any atom is -0.395 e. The predicted octanol–water partition coefficient (Wildman–Crippen LogP) is 1.91. The molecular weight excluding hydrogens is 162 g/mol. The lowest BCUT2D eigenvalue weighted by atomic mass is 9.87. The van der Waals surface area contributed by atoms with E-state index in [-0.39, 0.29) is 12.6 Å². The Labute approximate surface area is 81.5 Å². The Morgan fingerprint density at radius 3 is 2.38 bits per heavy atom. The van der Waals surface area contributed by atoms with E-state index in [1.165, 1.54) is 25.7 Å². The summed E-state index contributed by atoms with van der Waals surface area (Å²) in [6.07, 6.45) is 6.27. The van der Waals surface area contributed by atoms with Crippen LogP contribution < -0.4 is 5.73 Å². The Balaban J connectivity index is 2.12. The molecule has 0 aromatic rings. The highest BCUT2D eigenvalue weighted by Gasteiger charge is 2.44. The van der Waals surface area contributed by atoms with Crippen LogP contribution in [0.1, 0.15) is 46.0 Å². The van der Waals surface area contributed by atoms with Gasteiger partial charge in [-0.05, 0) is 37.0 Å². The van der Waals surface area contributed by atoms with E-state index in [2.05, 4.69) is 13.8 Å². The highest BCUT2D eigenvalue weighted by atomic mass is 16.3. The third kappa shape index (κ3) is 2.96. The van der Waals surface area contributed by atoms with Gasteiger partial charge in [-0.25, -0.2) is 0 Å².